The van der Waals surface area contributed by atoms with E-state index >= 15 is 0 Å². The minimum Gasteiger partial charge on any atom is -0.495 e. The Morgan fingerprint density at radius 1 is 1.27 bits per heavy atom. The molecule has 0 bridgehead atoms. The summed E-state index contributed by atoms with van der Waals surface area (Å²) < 4.78 is 7.46. The summed E-state index contributed by atoms with van der Waals surface area (Å²) in [6.45, 7) is 2.55. The van der Waals surface area contributed by atoms with Gasteiger partial charge in [-0.3, -0.25) is 4.79 Å². The molecule has 4 rings (SSSR count). The number of methoxy groups -OCH3 is 1. The fourth-order valence-electron chi connectivity index (χ4n) is 3.17. The first-order valence-electron chi connectivity index (χ1n) is 9.83. The third-order valence-corrected chi connectivity index (χ3v) is 6.26. The van der Waals surface area contributed by atoms with Crippen molar-refractivity contribution >= 4 is 35.0 Å². The van der Waals surface area contributed by atoms with Crippen molar-refractivity contribution in [3.8, 4) is 5.75 Å². The summed E-state index contributed by atoms with van der Waals surface area (Å²) in [6, 6.07) is 15.4. The highest BCUT2D eigenvalue weighted by Crippen LogP contribution is 2.40. The van der Waals surface area contributed by atoms with Crippen LogP contribution in [0.1, 0.15) is 37.1 Å². The summed E-state index contributed by atoms with van der Waals surface area (Å²) >= 11 is 7.47. The van der Waals surface area contributed by atoms with E-state index in [1.54, 1.807) is 25.3 Å². The van der Waals surface area contributed by atoms with Crippen LogP contribution in [0, 0.1) is 0 Å². The molecule has 6 nitrogen and oxygen atoms in total. The van der Waals surface area contributed by atoms with E-state index in [-0.39, 0.29) is 11.2 Å². The first-order valence-corrected chi connectivity index (χ1v) is 11.1. The van der Waals surface area contributed by atoms with Crippen LogP contribution in [0.2, 0.25) is 5.02 Å². The molecule has 3 aromatic rings. The predicted octanol–water partition coefficient (Wildman–Crippen LogP) is 4.99. The molecule has 0 saturated heterocycles. The average Bonchev–Trinajstić information content (AvgIpc) is 3.52. The Balaban J connectivity index is 1.51. The number of benzene rings is 2. The molecule has 1 aliphatic carbocycles. The second-order valence-corrected chi connectivity index (χ2v) is 9.03. The molecule has 1 fully saturated rings. The highest BCUT2D eigenvalue weighted by atomic mass is 35.5. The molecule has 1 aliphatic rings. The molecule has 2 aromatic carbocycles. The zero-order chi connectivity index (χ0) is 21.1. The summed E-state index contributed by atoms with van der Waals surface area (Å²) in [5.41, 5.74) is 1.73. The Labute approximate surface area is 185 Å². The van der Waals surface area contributed by atoms with Gasteiger partial charge in [-0.05, 0) is 43.5 Å². The maximum Gasteiger partial charge on any atom is 0.237 e. The van der Waals surface area contributed by atoms with Crippen LogP contribution in [0.25, 0.3) is 0 Å². The van der Waals surface area contributed by atoms with Gasteiger partial charge in [-0.1, -0.05) is 53.7 Å². The summed E-state index contributed by atoms with van der Waals surface area (Å²) in [5.74, 6) is 1.89. The molecule has 1 aromatic heterocycles. The van der Waals surface area contributed by atoms with Crippen molar-refractivity contribution in [1.82, 2.24) is 14.8 Å². The fraction of sp³-hybridized carbons (Fsp3) is 0.318. The van der Waals surface area contributed by atoms with Gasteiger partial charge in [0.15, 0.2) is 5.16 Å². The number of rotatable bonds is 8. The third-order valence-electron chi connectivity index (χ3n) is 4.94. The van der Waals surface area contributed by atoms with Crippen molar-refractivity contribution in [3.05, 3.63) is 64.9 Å². The molecule has 1 amide bonds. The molecule has 0 aliphatic heterocycles. The number of thioether (sulfide) groups is 1. The number of hydrogen-bond donors (Lipinski definition) is 1. The minimum absolute atomic E-state index is 0.150. The molecule has 1 N–H and O–H groups in total. The third kappa shape index (κ3) is 4.79. The van der Waals surface area contributed by atoms with Gasteiger partial charge >= 0.3 is 0 Å². The number of hydrogen-bond acceptors (Lipinski definition) is 5. The van der Waals surface area contributed by atoms with Gasteiger partial charge in [0, 0.05) is 10.9 Å². The number of carbonyl (C=O) groups excluding carboxylic acids is 1. The van der Waals surface area contributed by atoms with Crippen LogP contribution in [-0.4, -0.2) is 33.0 Å². The lowest BCUT2D eigenvalue weighted by molar-refractivity contribution is -0.115. The van der Waals surface area contributed by atoms with Gasteiger partial charge in [0.1, 0.15) is 11.6 Å². The maximum absolute atomic E-state index is 12.8. The van der Waals surface area contributed by atoms with E-state index in [9.17, 15) is 4.79 Å². The quantitative estimate of drug-likeness (QED) is 0.498. The number of nitrogens with zero attached hydrogens (tertiary/aromatic N) is 3. The van der Waals surface area contributed by atoms with Crippen molar-refractivity contribution in [2.75, 3.05) is 12.4 Å². The molecule has 0 spiro atoms. The van der Waals surface area contributed by atoms with Gasteiger partial charge in [0.25, 0.3) is 0 Å². The normalized spacial score (nSPS) is 14.4. The van der Waals surface area contributed by atoms with Crippen molar-refractivity contribution in [2.45, 2.75) is 42.6 Å². The van der Waals surface area contributed by atoms with Crippen molar-refractivity contribution in [2.24, 2.45) is 0 Å². The SMILES string of the molecule is COc1ccc(Cl)cc1NC(=O)C(C)Sc1nnc(C2CC2)n1Cc1ccccc1. The zero-order valence-electron chi connectivity index (χ0n) is 16.8. The van der Waals surface area contributed by atoms with E-state index in [4.69, 9.17) is 16.3 Å². The lowest BCUT2D eigenvalue weighted by Gasteiger charge is -2.15. The molecule has 1 atom stereocenters. The standard InChI is InChI=1S/C22H23ClN4O2S/c1-14(21(28)24-18-12-17(23)10-11-19(18)29-2)30-22-26-25-20(16-8-9-16)27(22)13-15-6-4-3-5-7-15/h3-7,10-12,14,16H,8-9,13H2,1-2H3,(H,24,28). The van der Waals surface area contributed by atoms with Crippen LogP contribution in [0.15, 0.2) is 53.7 Å². The maximum atomic E-state index is 12.8. The molecule has 8 heteroatoms. The lowest BCUT2D eigenvalue weighted by atomic mass is 10.2. The van der Waals surface area contributed by atoms with E-state index in [0.29, 0.717) is 28.9 Å². The molecule has 30 heavy (non-hydrogen) atoms. The first-order chi connectivity index (χ1) is 14.5. The number of halogens is 1. The molecule has 1 saturated carbocycles. The Bertz CT molecular complexity index is 1040. The second-order valence-electron chi connectivity index (χ2n) is 7.28. The molecule has 1 heterocycles. The highest BCUT2D eigenvalue weighted by molar-refractivity contribution is 8.00. The number of anilines is 1. The monoisotopic (exact) mass is 442 g/mol. The van der Waals surface area contributed by atoms with Crippen LogP contribution in [0.5, 0.6) is 5.75 Å². The van der Waals surface area contributed by atoms with Gasteiger partial charge in [-0.15, -0.1) is 10.2 Å². The number of ether oxygens (including phenoxy) is 1. The highest BCUT2D eigenvalue weighted by Gasteiger charge is 2.31. The number of nitrogens with one attached hydrogen (secondary N) is 1. The summed E-state index contributed by atoms with van der Waals surface area (Å²) in [6.07, 6.45) is 2.28. The zero-order valence-corrected chi connectivity index (χ0v) is 18.4. The van der Waals surface area contributed by atoms with Crippen LogP contribution in [0.4, 0.5) is 5.69 Å². The average molecular weight is 443 g/mol. The molecular weight excluding hydrogens is 420 g/mol. The van der Waals surface area contributed by atoms with E-state index in [0.717, 1.165) is 23.8 Å². The molecule has 156 valence electrons. The van der Waals surface area contributed by atoms with Gasteiger partial charge < -0.3 is 14.6 Å². The number of aromatic nitrogens is 3. The number of amides is 1. The smallest absolute Gasteiger partial charge is 0.237 e. The van der Waals surface area contributed by atoms with Crippen molar-refractivity contribution < 1.29 is 9.53 Å². The van der Waals surface area contributed by atoms with Crippen LogP contribution in [-0.2, 0) is 11.3 Å². The Hall–Kier alpha value is -2.51. The molecular formula is C22H23ClN4O2S. The second kappa shape index (κ2) is 9.10. The van der Waals surface area contributed by atoms with Crippen LogP contribution >= 0.6 is 23.4 Å². The van der Waals surface area contributed by atoms with Gasteiger partial charge in [-0.25, -0.2) is 0 Å². The Morgan fingerprint density at radius 3 is 2.73 bits per heavy atom. The van der Waals surface area contributed by atoms with Gasteiger partial charge in [0.2, 0.25) is 5.91 Å². The van der Waals surface area contributed by atoms with Gasteiger partial charge in [0.05, 0.1) is 24.6 Å². The molecule has 1 unspecified atom stereocenters. The largest absolute Gasteiger partial charge is 0.495 e. The fourth-order valence-corrected chi connectivity index (χ4v) is 4.20. The van der Waals surface area contributed by atoms with E-state index in [1.807, 2.05) is 25.1 Å². The van der Waals surface area contributed by atoms with Crippen LogP contribution in [0.3, 0.4) is 0 Å². The minimum atomic E-state index is -0.375. The predicted molar refractivity (Wildman–Crippen MR) is 119 cm³/mol. The summed E-state index contributed by atoms with van der Waals surface area (Å²) in [7, 11) is 1.56. The van der Waals surface area contributed by atoms with E-state index < -0.39 is 0 Å². The summed E-state index contributed by atoms with van der Waals surface area (Å²) in [4.78, 5) is 12.8. The topological polar surface area (TPSA) is 69.0 Å². The lowest BCUT2D eigenvalue weighted by Crippen LogP contribution is -2.23. The van der Waals surface area contributed by atoms with Gasteiger partial charge in [-0.2, -0.15) is 0 Å². The Kier molecular flexibility index (Phi) is 6.29. The molecule has 0 radical (unpaired) electrons. The van der Waals surface area contributed by atoms with Crippen molar-refractivity contribution in [1.29, 1.82) is 0 Å². The first kappa shape index (κ1) is 20.8. The Morgan fingerprint density at radius 2 is 2.03 bits per heavy atom. The van der Waals surface area contributed by atoms with Crippen LogP contribution < -0.4 is 10.1 Å². The van der Waals surface area contributed by atoms with E-state index in [1.165, 1.54) is 17.3 Å². The summed E-state index contributed by atoms with van der Waals surface area (Å²) in [5, 5.41) is 12.6. The van der Waals surface area contributed by atoms with E-state index in [2.05, 4.69) is 32.2 Å². The number of carbonyl (C=O) groups is 1. The van der Waals surface area contributed by atoms with Crippen molar-refractivity contribution in [3.63, 3.8) is 0 Å².